The average Bonchev–Trinajstić information content (AvgIpc) is 2.54. The van der Waals surface area contributed by atoms with E-state index in [1.54, 1.807) is 0 Å². The molecule has 0 spiro atoms. The normalized spacial score (nSPS) is 25.3. The minimum absolute atomic E-state index is 0.0304. The summed E-state index contributed by atoms with van der Waals surface area (Å²) in [6.45, 7) is 0.830. The zero-order valence-corrected chi connectivity index (χ0v) is 11.6. The lowest BCUT2D eigenvalue weighted by atomic mass is 9.70. The predicted molar refractivity (Wildman–Crippen MR) is 71.3 cm³/mol. The maximum absolute atomic E-state index is 11.9. The van der Waals surface area contributed by atoms with Gasteiger partial charge in [-0.15, -0.1) is 0 Å². The van der Waals surface area contributed by atoms with E-state index in [-0.39, 0.29) is 18.4 Å². The summed E-state index contributed by atoms with van der Waals surface area (Å²) in [5.74, 6) is -0.620. The van der Waals surface area contributed by atoms with Gasteiger partial charge in [-0.1, -0.05) is 6.42 Å². The number of rotatable bonds is 4. The topological polar surface area (TPSA) is 93.4 Å². The number of nitriles is 1. The van der Waals surface area contributed by atoms with Crippen LogP contribution in [0.4, 0.5) is 0 Å². The Morgan fingerprint density at radius 3 is 2.80 bits per heavy atom. The van der Waals surface area contributed by atoms with Crippen LogP contribution in [-0.4, -0.2) is 47.6 Å². The fraction of sp³-hybridized carbons (Fsp3) is 0.786. The van der Waals surface area contributed by atoms with Gasteiger partial charge in [0.05, 0.1) is 18.0 Å². The second-order valence-corrected chi connectivity index (χ2v) is 5.79. The van der Waals surface area contributed by atoms with Crippen molar-refractivity contribution in [2.24, 2.45) is 5.41 Å². The van der Waals surface area contributed by atoms with Gasteiger partial charge >= 0.3 is 0 Å². The molecule has 1 saturated heterocycles. The van der Waals surface area contributed by atoms with Crippen molar-refractivity contribution in [2.75, 3.05) is 19.6 Å². The molecule has 0 bridgehead atoms. The molecule has 110 valence electrons. The van der Waals surface area contributed by atoms with E-state index >= 15 is 0 Å². The van der Waals surface area contributed by atoms with Gasteiger partial charge in [0.2, 0.25) is 5.91 Å². The second-order valence-electron chi connectivity index (χ2n) is 5.79. The standard InChI is InChI=1S/C14H21N3O3/c15-9-14(5-3-6-14)10-16-12(19)8-17-7-2-1-4-11(18)13(17)20/h11,18H,1-8,10H2,(H,16,19). The van der Waals surface area contributed by atoms with Crippen molar-refractivity contribution < 1.29 is 14.7 Å². The average molecular weight is 279 g/mol. The minimum Gasteiger partial charge on any atom is -0.383 e. The van der Waals surface area contributed by atoms with E-state index in [0.29, 0.717) is 19.5 Å². The van der Waals surface area contributed by atoms with Crippen molar-refractivity contribution in [1.82, 2.24) is 10.2 Å². The Hall–Kier alpha value is -1.61. The molecule has 1 saturated carbocycles. The van der Waals surface area contributed by atoms with Crippen LogP contribution in [0.3, 0.4) is 0 Å². The molecule has 2 rings (SSSR count). The molecular formula is C14H21N3O3. The first kappa shape index (κ1) is 14.8. The summed E-state index contributed by atoms with van der Waals surface area (Å²) in [4.78, 5) is 25.1. The van der Waals surface area contributed by atoms with Gasteiger partial charge in [-0.05, 0) is 32.1 Å². The van der Waals surface area contributed by atoms with Crippen LogP contribution in [0.25, 0.3) is 0 Å². The van der Waals surface area contributed by atoms with E-state index in [2.05, 4.69) is 11.4 Å². The quantitative estimate of drug-likeness (QED) is 0.767. The first-order valence-electron chi connectivity index (χ1n) is 7.21. The fourth-order valence-electron chi connectivity index (χ4n) is 2.67. The third kappa shape index (κ3) is 3.28. The molecule has 20 heavy (non-hydrogen) atoms. The van der Waals surface area contributed by atoms with Gasteiger partial charge in [0, 0.05) is 13.1 Å². The van der Waals surface area contributed by atoms with Crippen molar-refractivity contribution in [2.45, 2.75) is 44.6 Å². The van der Waals surface area contributed by atoms with E-state index in [1.165, 1.54) is 4.90 Å². The molecule has 0 aromatic heterocycles. The molecular weight excluding hydrogens is 258 g/mol. The van der Waals surface area contributed by atoms with Crippen LogP contribution in [0.15, 0.2) is 0 Å². The van der Waals surface area contributed by atoms with Gasteiger partial charge in [-0.3, -0.25) is 9.59 Å². The van der Waals surface area contributed by atoms with Gasteiger partial charge in [0.25, 0.3) is 5.91 Å². The third-order valence-corrected chi connectivity index (χ3v) is 4.26. The van der Waals surface area contributed by atoms with E-state index < -0.39 is 11.5 Å². The van der Waals surface area contributed by atoms with E-state index in [4.69, 9.17) is 5.26 Å². The number of hydrogen-bond acceptors (Lipinski definition) is 4. The fourth-order valence-corrected chi connectivity index (χ4v) is 2.67. The Labute approximate surface area is 118 Å². The number of hydrogen-bond donors (Lipinski definition) is 2. The van der Waals surface area contributed by atoms with Crippen LogP contribution in [0.2, 0.25) is 0 Å². The van der Waals surface area contributed by atoms with Crippen LogP contribution in [0, 0.1) is 16.7 Å². The van der Waals surface area contributed by atoms with Crippen molar-refractivity contribution in [1.29, 1.82) is 5.26 Å². The van der Waals surface area contributed by atoms with Crippen LogP contribution in [0.1, 0.15) is 38.5 Å². The van der Waals surface area contributed by atoms with E-state index in [9.17, 15) is 14.7 Å². The zero-order valence-electron chi connectivity index (χ0n) is 11.6. The molecule has 0 aromatic carbocycles. The van der Waals surface area contributed by atoms with Crippen LogP contribution < -0.4 is 5.32 Å². The number of amides is 2. The maximum atomic E-state index is 11.9. The Bertz CT molecular complexity index is 426. The molecule has 2 amide bonds. The number of likely N-dealkylation sites (tertiary alicyclic amines) is 1. The number of nitrogens with zero attached hydrogens (tertiary/aromatic N) is 2. The van der Waals surface area contributed by atoms with Crippen molar-refractivity contribution in [3.05, 3.63) is 0 Å². The molecule has 1 heterocycles. The van der Waals surface area contributed by atoms with Gasteiger partial charge in [-0.25, -0.2) is 0 Å². The summed E-state index contributed by atoms with van der Waals surface area (Å²) < 4.78 is 0. The number of aliphatic hydroxyl groups excluding tert-OH is 1. The summed E-state index contributed by atoms with van der Waals surface area (Å²) in [7, 11) is 0. The van der Waals surface area contributed by atoms with E-state index in [1.807, 2.05) is 0 Å². The van der Waals surface area contributed by atoms with Gasteiger partial charge in [-0.2, -0.15) is 5.26 Å². The number of carbonyl (C=O) groups is 2. The largest absolute Gasteiger partial charge is 0.383 e. The Morgan fingerprint density at radius 1 is 1.45 bits per heavy atom. The molecule has 6 heteroatoms. The molecule has 2 N–H and O–H groups in total. The molecule has 0 radical (unpaired) electrons. The van der Waals surface area contributed by atoms with Crippen LogP contribution in [0.5, 0.6) is 0 Å². The van der Waals surface area contributed by atoms with Crippen molar-refractivity contribution in [3.8, 4) is 6.07 Å². The van der Waals surface area contributed by atoms with Crippen molar-refractivity contribution in [3.63, 3.8) is 0 Å². The van der Waals surface area contributed by atoms with E-state index in [0.717, 1.165) is 32.1 Å². The number of nitrogens with one attached hydrogen (secondary N) is 1. The molecule has 1 aliphatic heterocycles. The Morgan fingerprint density at radius 2 is 2.20 bits per heavy atom. The highest BCUT2D eigenvalue weighted by atomic mass is 16.3. The van der Waals surface area contributed by atoms with Crippen molar-refractivity contribution >= 4 is 11.8 Å². The summed E-state index contributed by atoms with van der Waals surface area (Å²) in [6, 6.07) is 2.26. The van der Waals surface area contributed by atoms with Crippen LogP contribution in [-0.2, 0) is 9.59 Å². The van der Waals surface area contributed by atoms with Crippen LogP contribution >= 0.6 is 0 Å². The molecule has 2 aliphatic rings. The lowest BCUT2D eigenvalue weighted by Gasteiger charge is -2.35. The zero-order chi connectivity index (χ0) is 14.6. The molecule has 6 nitrogen and oxygen atoms in total. The molecule has 1 atom stereocenters. The molecule has 0 aromatic rings. The SMILES string of the molecule is N#CC1(CNC(=O)CN2CCCCC(O)C2=O)CCC1. The summed E-state index contributed by atoms with van der Waals surface area (Å²) in [6.07, 6.45) is 3.76. The van der Waals surface area contributed by atoms with Gasteiger partial charge in [0.1, 0.15) is 6.10 Å². The lowest BCUT2D eigenvalue weighted by Crippen LogP contribution is -2.47. The summed E-state index contributed by atoms with van der Waals surface area (Å²) in [5, 5.41) is 21.4. The molecule has 1 aliphatic carbocycles. The highest BCUT2D eigenvalue weighted by molar-refractivity contribution is 5.87. The first-order chi connectivity index (χ1) is 9.56. The molecule has 1 unspecified atom stereocenters. The third-order valence-electron chi connectivity index (χ3n) is 4.26. The predicted octanol–water partition coefficient (Wildman–Crippen LogP) is 0.170. The minimum atomic E-state index is -0.984. The van der Waals surface area contributed by atoms with Gasteiger partial charge in [0.15, 0.2) is 0 Å². The smallest absolute Gasteiger partial charge is 0.251 e. The van der Waals surface area contributed by atoms with Gasteiger partial charge < -0.3 is 15.3 Å². The summed E-state index contributed by atoms with van der Waals surface area (Å²) >= 11 is 0. The lowest BCUT2D eigenvalue weighted by molar-refractivity contribution is -0.142. The second kappa shape index (κ2) is 6.23. The Kier molecular flexibility index (Phi) is 4.61. The highest BCUT2D eigenvalue weighted by Crippen LogP contribution is 2.39. The Balaban J connectivity index is 1.81. The number of carbonyl (C=O) groups excluding carboxylic acids is 2. The monoisotopic (exact) mass is 279 g/mol. The molecule has 2 fully saturated rings. The highest BCUT2D eigenvalue weighted by Gasteiger charge is 2.37. The maximum Gasteiger partial charge on any atom is 0.251 e. The summed E-state index contributed by atoms with van der Waals surface area (Å²) in [5.41, 5.74) is -0.405. The number of aliphatic hydroxyl groups is 1. The first-order valence-corrected chi connectivity index (χ1v) is 7.21.